The first-order valence-corrected chi connectivity index (χ1v) is 7.29. The first-order valence-electron chi connectivity index (χ1n) is 7.29. The molecule has 0 amide bonds. The van der Waals surface area contributed by atoms with Gasteiger partial charge >= 0.3 is 0 Å². The van der Waals surface area contributed by atoms with E-state index in [1.54, 1.807) is 0 Å². The van der Waals surface area contributed by atoms with Gasteiger partial charge in [0.25, 0.3) is 0 Å². The fraction of sp³-hybridized carbons (Fsp3) is 1.00. The Morgan fingerprint density at radius 1 is 1.12 bits per heavy atom. The second kappa shape index (κ2) is 5.68. The van der Waals surface area contributed by atoms with Gasteiger partial charge in [0, 0.05) is 37.8 Å². The SMILES string of the molecule is CC1CN(C(CN)C2CCCC2)CC(C)N1C. The summed E-state index contributed by atoms with van der Waals surface area (Å²) in [7, 11) is 2.25. The molecule has 3 nitrogen and oxygen atoms in total. The van der Waals surface area contributed by atoms with Crippen molar-refractivity contribution in [2.45, 2.75) is 57.7 Å². The van der Waals surface area contributed by atoms with Gasteiger partial charge in [0.05, 0.1) is 0 Å². The summed E-state index contributed by atoms with van der Waals surface area (Å²) in [5, 5.41) is 0. The van der Waals surface area contributed by atoms with Crippen LogP contribution in [0.1, 0.15) is 39.5 Å². The summed E-state index contributed by atoms with van der Waals surface area (Å²) in [6.07, 6.45) is 5.63. The Morgan fingerprint density at radius 3 is 2.12 bits per heavy atom. The summed E-state index contributed by atoms with van der Waals surface area (Å²) in [5.41, 5.74) is 6.05. The first kappa shape index (κ1) is 13.3. The molecule has 0 aromatic heterocycles. The molecule has 2 N–H and O–H groups in total. The highest BCUT2D eigenvalue weighted by atomic mass is 15.3. The van der Waals surface area contributed by atoms with Crippen LogP contribution in [0.3, 0.4) is 0 Å². The highest BCUT2D eigenvalue weighted by Gasteiger charge is 2.34. The van der Waals surface area contributed by atoms with Crippen molar-refractivity contribution in [2.75, 3.05) is 26.7 Å². The summed E-state index contributed by atoms with van der Waals surface area (Å²) in [5.74, 6) is 0.864. The number of hydrogen-bond donors (Lipinski definition) is 1. The van der Waals surface area contributed by atoms with Gasteiger partial charge in [-0.3, -0.25) is 9.80 Å². The molecule has 1 saturated heterocycles. The highest BCUT2D eigenvalue weighted by Crippen LogP contribution is 2.31. The minimum atomic E-state index is 0.635. The molecule has 0 aromatic carbocycles. The maximum atomic E-state index is 6.05. The van der Waals surface area contributed by atoms with E-state index in [0.29, 0.717) is 18.1 Å². The molecule has 3 unspecified atom stereocenters. The van der Waals surface area contributed by atoms with E-state index in [1.165, 1.54) is 38.8 Å². The van der Waals surface area contributed by atoms with Gasteiger partial charge in [-0.1, -0.05) is 12.8 Å². The van der Waals surface area contributed by atoms with Crippen molar-refractivity contribution in [2.24, 2.45) is 11.7 Å². The van der Waals surface area contributed by atoms with Gasteiger partial charge in [-0.05, 0) is 39.7 Å². The average molecular weight is 239 g/mol. The van der Waals surface area contributed by atoms with Gasteiger partial charge in [-0.2, -0.15) is 0 Å². The zero-order valence-corrected chi connectivity index (χ0v) is 11.7. The van der Waals surface area contributed by atoms with Crippen LogP contribution < -0.4 is 5.73 Å². The summed E-state index contributed by atoms with van der Waals surface area (Å²) in [4.78, 5) is 5.17. The van der Waals surface area contributed by atoms with E-state index in [2.05, 4.69) is 30.7 Å². The molecule has 2 rings (SSSR count). The average Bonchev–Trinajstić information content (AvgIpc) is 2.80. The van der Waals surface area contributed by atoms with E-state index in [9.17, 15) is 0 Å². The maximum Gasteiger partial charge on any atom is 0.0247 e. The van der Waals surface area contributed by atoms with Crippen LogP contribution in [0, 0.1) is 5.92 Å². The second-order valence-electron chi connectivity index (χ2n) is 6.17. The largest absolute Gasteiger partial charge is 0.329 e. The number of piperazine rings is 1. The molecule has 3 heteroatoms. The topological polar surface area (TPSA) is 32.5 Å². The van der Waals surface area contributed by atoms with E-state index in [4.69, 9.17) is 5.73 Å². The van der Waals surface area contributed by atoms with Crippen molar-refractivity contribution in [1.29, 1.82) is 0 Å². The molecule has 0 spiro atoms. The van der Waals surface area contributed by atoms with Gasteiger partial charge < -0.3 is 5.73 Å². The van der Waals surface area contributed by atoms with Gasteiger partial charge in [0.15, 0.2) is 0 Å². The maximum absolute atomic E-state index is 6.05. The van der Waals surface area contributed by atoms with Crippen LogP contribution in [0.2, 0.25) is 0 Å². The van der Waals surface area contributed by atoms with Crippen LogP contribution in [-0.2, 0) is 0 Å². The number of nitrogens with zero attached hydrogens (tertiary/aromatic N) is 2. The molecule has 17 heavy (non-hydrogen) atoms. The molecule has 2 fully saturated rings. The van der Waals surface area contributed by atoms with Crippen LogP contribution in [0.4, 0.5) is 0 Å². The number of nitrogens with two attached hydrogens (primary N) is 1. The summed E-state index contributed by atoms with van der Waals surface area (Å²) in [6, 6.07) is 1.96. The molecular formula is C14H29N3. The Kier molecular flexibility index (Phi) is 4.45. The van der Waals surface area contributed by atoms with Gasteiger partial charge in [-0.15, -0.1) is 0 Å². The summed E-state index contributed by atoms with van der Waals surface area (Å²) < 4.78 is 0. The molecule has 1 aliphatic heterocycles. The van der Waals surface area contributed by atoms with E-state index >= 15 is 0 Å². The summed E-state index contributed by atoms with van der Waals surface area (Å²) >= 11 is 0. The molecular weight excluding hydrogens is 210 g/mol. The zero-order chi connectivity index (χ0) is 12.4. The minimum absolute atomic E-state index is 0.635. The first-order chi connectivity index (χ1) is 8.13. The quantitative estimate of drug-likeness (QED) is 0.810. The predicted molar refractivity (Wildman–Crippen MR) is 73.1 cm³/mol. The summed E-state index contributed by atoms with van der Waals surface area (Å²) in [6.45, 7) is 7.90. The van der Waals surface area contributed by atoms with Crippen molar-refractivity contribution in [1.82, 2.24) is 9.80 Å². The van der Waals surface area contributed by atoms with Crippen LogP contribution >= 0.6 is 0 Å². The second-order valence-corrected chi connectivity index (χ2v) is 6.17. The highest BCUT2D eigenvalue weighted by molar-refractivity contribution is 4.90. The third-order valence-electron chi connectivity index (χ3n) is 5.04. The van der Waals surface area contributed by atoms with Crippen molar-refractivity contribution in [3.8, 4) is 0 Å². The number of likely N-dealkylation sites (N-methyl/N-ethyl adjacent to an activating group) is 1. The monoisotopic (exact) mass is 239 g/mol. The van der Waals surface area contributed by atoms with Crippen molar-refractivity contribution >= 4 is 0 Å². The lowest BCUT2D eigenvalue weighted by Crippen LogP contribution is -2.60. The standard InChI is InChI=1S/C14H29N3/c1-11-9-17(10-12(2)16(11)3)14(8-15)13-6-4-5-7-13/h11-14H,4-10,15H2,1-3H3. The molecule has 1 heterocycles. The smallest absolute Gasteiger partial charge is 0.0247 e. The molecule has 100 valence electrons. The van der Waals surface area contributed by atoms with Gasteiger partial charge in [0.2, 0.25) is 0 Å². The van der Waals surface area contributed by atoms with Gasteiger partial charge in [0.1, 0.15) is 0 Å². The Balaban J connectivity index is 1.99. The normalized spacial score (nSPS) is 35.3. The minimum Gasteiger partial charge on any atom is -0.329 e. The lowest BCUT2D eigenvalue weighted by molar-refractivity contribution is 0.0195. The van der Waals surface area contributed by atoms with Gasteiger partial charge in [-0.25, -0.2) is 0 Å². The van der Waals surface area contributed by atoms with Crippen molar-refractivity contribution in [3.05, 3.63) is 0 Å². The van der Waals surface area contributed by atoms with Crippen molar-refractivity contribution < 1.29 is 0 Å². The molecule has 1 aliphatic carbocycles. The Labute approximate surface area is 106 Å². The molecule has 3 atom stereocenters. The fourth-order valence-corrected chi connectivity index (χ4v) is 3.70. The molecule has 0 radical (unpaired) electrons. The van der Waals surface area contributed by atoms with E-state index in [-0.39, 0.29) is 0 Å². The fourth-order valence-electron chi connectivity index (χ4n) is 3.70. The Morgan fingerprint density at radius 2 is 1.65 bits per heavy atom. The van der Waals surface area contributed by atoms with Crippen LogP contribution in [-0.4, -0.2) is 54.6 Å². The number of hydrogen-bond acceptors (Lipinski definition) is 3. The predicted octanol–water partition coefficient (Wildman–Crippen LogP) is 1.53. The zero-order valence-electron chi connectivity index (χ0n) is 11.7. The van der Waals surface area contributed by atoms with Crippen molar-refractivity contribution in [3.63, 3.8) is 0 Å². The number of rotatable bonds is 3. The van der Waals surface area contributed by atoms with Crippen LogP contribution in [0.25, 0.3) is 0 Å². The molecule has 1 saturated carbocycles. The van der Waals surface area contributed by atoms with Crippen LogP contribution in [0.5, 0.6) is 0 Å². The molecule has 0 bridgehead atoms. The lowest BCUT2D eigenvalue weighted by Gasteiger charge is -2.46. The van der Waals surface area contributed by atoms with E-state index in [0.717, 1.165) is 12.5 Å². The third-order valence-corrected chi connectivity index (χ3v) is 5.04. The molecule has 2 aliphatic rings. The lowest BCUT2D eigenvalue weighted by atomic mass is 9.94. The molecule has 0 aromatic rings. The Bertz CT molecular complexity index is 226. The third kappa shape index (κ3) is 2.83. The van der Waals surface area contributed by atoms with Crippen LogP contribution in [0.15, 0.2) is 0 Å². The van der Waals surface area contributed by atoms with E-state index < -0.39 is 0 Å². The van der Waals surface area contributed by atoms with E-state index in [1.807, 2.05) is 0 Å². The Hall–Kier alpha value is -0.120.